The first kappa shape index (κ1) is 76.8. The van der Waals surface area contributed by atoms with Crippen LogP contribution in [0, 0.1) is 0 Å². The average molecular weight is 1110 g/mol. The summed E-state index contributed by atoms with van der Waals surface area (Å²) in [5.41, 5.74) is 0. The van der Waals surface area contributed by atoms with Crippen LogP contribution in [-0.2, 0) is 14.3 Å². The number of hydrogen-bond donors (Lipinski definition) is 3. The average Bonchev–Trinajstić information content (AvgIpc) is 3.45. The number of amides is 1. The third-order valence-electron chi connectivity index (χ3n) is 16.3. The number of esters is 1. The molecule has 2 atom stereocenters. The quantitative estimate of drug-likeness (QED) is 0.0320. The molecule has 464 valence electrons. The van der Waals surface area contributed by atoms with Crippen molar-refractivity contribution in [2.75, 3.05) is 13.2 Å². The lowest BCUT2D eigenvalue weighted by atomic mass is 10.0. The molecule has 79 heavy (non-hydrogen) atoms. The van der Waals surface area contributed by atoms with Crippen molar-refractivity contribution in [2.45, 2.75) is 392 Å². The first-order valence-corrected chi connectivity index (χ1v) is 35.4. The van der Waals surface area contributed by atoms with E-state index < -0.39 is 12.1 Å². The Morgan fingerprint density at radius 1 is 0.354 bits per heavy atom. The number of aliphatic hydroxyl groups excluding tert-OH is 2. The molecule has 0 aliphatic rings. The van der Waals surface area contributed by atoms with Crippen molar-refractivity contribution in [1.82, 2.24) is 5.32 Å². The third-order valence-corrected chi connectivity index (χ3v) is 16.3. The summed E-state index contributed by atoms with van der Waals surface area (Å²) >= 11 is 0. The summed E-state index contributed by atoms with van der Waals surface area (Å²) in [5, 5.41) is 23.1. The zero-order chi connectivity index (χ0) is 57.1. The van der Waals surface area contributed by atoms with Gasteiger partial charge >= 0.3 is 5.97 Å². The van der Waals surface area contributed by atoms with Gasteiger partial charge in [-0.25, -0.2) is 0 Å². The standard InChI is InChI=1S/C73H137NO5/c1-3-5-7-9-11-13-15-17-18-19-33-37-40-43-47-51-55-59-63-67-73(78)79-68-64-60-56-52-48-44-41-38-35-32-30-28-26-24-22-20-21-23-25-27-29-31-34-36-39-42-46-50-54-58-62-66-72(77)74-70(69-75)71(76)65-61-57-53-49-45-16-14-12-10-8-6-4-2/h17-18,22,24,28,30,61,65,70-71,75-76H,3-16,19-21,23,25-27,29,31-60,62-64,66-69H2,1-2H3,(H,74,77)/b18-17-,24-22-,30-28-,65-61+. The van der Waals surface area contributed by atoms with E-state index in [2.05, 4.69) is 55.6 Å². The minimum absolute atomic E-state index is 0.0126. The molecular formula is C73H137NO5. The Balaban J connectivity index is 3.38. The van der Waals surface area contributed by atoms with E-state index in [4.69, 9.17) is 4.74 Å². The number of rotatable bonds is 66. The van der Waals surface area contributed by atoms with Crippen LogP contribution in [0.2, 0.25) is 0 Å². The summed E-state index contributed by atoms with van der Waals surface area (Å²) in [6.45, 7) is 4.91. The Bertz CT molecular complexity index is 1320. The molecule has 0 saturated carbocycles. The van der Waals surface area contributed by atoms with E-state index in [9.17, 15) is 19.8 Å². The van der Waals surface area contributed by atoms with E-state index in [0.29, 0.717) is 19.4 Å². The maximum Gasteiger partial charge on any atom is 0.305 e. The van der Waals surface area contributed by atoms with Crippen LogP contribution in [0.5, 0.6) is 0 Å². The van der Waals surface area contributed by atoms with E-state index in [1.54, 1.807) is 6.08 Å². The molecule has 6 heteroatoms. The van der Waals surface area contributed by atoms with Gasteiger partial charge in [0.15, 0.2) is 0 Å². The maximum atomic E-state index is 12.5. The molecule has 2 unspecified atom stereocenters. The Morgan fingerprint density at radius 3 is 0.975 bits per heavy atom. The molecule has 0 fully saturated rings. The van der Waals surface area contributed by atoms with Crippen LogP contribution in [0.4, 0.5) is 0 Å². The minimum Gasteiger partial charge on any atom is -0.466 e. The molecule has 0 saturated heterocycles. The summed E-state index contributed by atoms with van der Waals surface area (Å²) in [6.07, 6.45) is 89.1. The van der Waals surface area contributed by atoms with Crippen LogP contribution >= 0.6 is 0 Å². The Kier molecular flexibility index (Phi) is 66.4. The van der Waals surface area contributed by atoms with Crippen molar-refractivity contribution in [2.24, 2.45) is 0 Å². The van der Waals surface area contributed by atoms with Crippen LogP contribution in [0.15, 0.2) is 48.6 Å². The summed E-state index contributed by atoms with van der Waals surface area (Å²) in [7, 11) is 0. The first-order valence-electron chi connectivity index (χ1n) is 35.4. The molecule has 6 nitrogen and oxygen atoms in total. The Hall–Kier alpha value is -2.18. The highest BCUT2D eigenvalue weighted by Crippen LogP contribution is 2.18. The van der Waals surface area contributed by atoms with Gasteiger partial charge < -0.3 is 20.3 Å². The fourth-order valence-corrected chi connectivity index (χ4v) is 10.9. The zero-order valence-electron chi connectivity index (χ0n) is 53.1. The maximum absolute atomic E-state index is 12.5. The number of hydrogen-bond acceptors (Lipinski definition) is 5. The van der Waals surface area contributed by atoms with Gasteiger partial charge in [0.1, 0.15) is 0 Å². The summed E-state index contributed by atoms with van der Waals surface area (Å²) < 4.78 is 5.50. The lowest BCUT2D eigenvalue weighted by Crippen LogP contribution is -2.45. The molecule has 0 bridgehead atoms. The molecule has 0 aliphatic heterocycles. The molecule has 0 rings (SSSR count). The highest BCUT2D eigenvalue weighted by atomic mass is 16.5. The molecule has 0 aromatic carbocycles. The highest BCUT2D eigenvalue weighted by Gasteiger charge is 2.18. The van der Waals surface area contributed by atoms with Gasteiger partial charge in [0, 0.05) is 12.8 Å². The molecule has 0 spiro atoms. The highest BCUT2D eigenvalue weighted by molar-refractivity contribution is 5.76. The van der Waals surface area contributed by atoms with E-state index in [1.165, 1.54) is 302 Å². The van der Waals surface area contributed by atoms with Crippen molar-refractivity contribution in [3.63, 3.8) is 0 Å². The van der Waals surface area contributed by atoms with E-state index in [1.807, 2.05) is 6.08 Å². The monoisotopic (exact) mass is 1110 g/mol. The second-order valence-corrected chi connectivity index (χ2v) is 24.2. The van der Waals surface area contributed by atoms with Gasteiger partial charge in [0.25, 0.3) is 0 Å². The van der Waals surface area contributed by atoms with Crippen LogP contribution in [0.3, 0.4) is 0 Å². The van der Waals surface area contributed by atoms with Gasteiger partial charge in [-0.3, -0.25) is 9.59 Å². The molecule has 3 N–H and O–H groups in total. The van der Waals surface area contributed by atoms with Crippen molar-refractivity contribution in [3.05, 3.63) is 48.6 Å². The minimum atomic E-state index is -0.843. The normalized spacial score (nSPS) is 12.8. The van der Waals surface area contributed by atoms with Crippen LogP contribution in [-0.4, -0.2) is 47.4 Å². The predicted octanol–water partition coefficient (Wildman–Crippen LogP) is 22.9. The number of carbonyl (C=O) groups is 2. The fourth-order valence-electron chi connectivity index (χ4n) is 10.9. The first-order chi connectivity index (χ1) is 39.0. The third kappa shape index (κ3) is 64.8. The van der Waals surface area contributed by atoms with E-state index in [-0.39, 0.29) is 18.5 Å². The van der Waals surface area contributed by atoms with Crippen LogP contribution < -0.4 is 5.32 Å². The van der Waals surface area contributed by atoms with Crippen molar-refractivity contribution >= 4 is 11.9 Å². The van der Waals surface area contributed by atoms with Crippen molar-refractivity contribution < 1.29 is 24.5 Å². The largest absolute Gasteiger partial charge is 0.466 e. The van der Waals surface area contributed by atoms with Gasteiger partial charge in [-0.15, -0.1) is 0 Å². The van der Waals surface area contributed by atoms with Crippen molar-refractivity contribution in [1.29, 1.82) is 0 Å². The molecule has 0 aromatic rings. The topological polar surface area (TPSA) is 95.9 Å². The summed E-state index contributed by atoms with van der Waals surface area (Å²) in [4.78, 5) is 24.6. The number of carbonyl (C=O) groups excluding carboxylic acids is 2. The van der Waals surface area contributed by atoms with Crippen LogP contribution in [0.1, 0.15) is 380 Å². The summed E-state index contributed by atoms with van der Waals surface area (Å²) in [6, 6.07) is -0.627. The summed E-state index contributed by atoms with van der Waals surface area (Å²) in [5.74, 6) is -0.0546. The Morgan fingerprint density at radius 2 is 0.633 bits per heavy atom. The second-order valence-electron chi connectivity index (χ2n) is 24.2. The fraction of sp³-hybridized carbons (Fsp3) is 0.863. The van der Waals surface area contributed by atoms with Crippen molar-refractivity contribution in [3.8, 4) is 0 Å². The second kappa shape index (κ2) is 68.3. The Labute approximate surface area is 493 Å². The SMILES string of the molecule is CCCCCCCC/C=C\CCCCCCCCCCCC(=O)OCCCCCCCCCCC/C=C\C/C=C\CCCCCCCCCCCCCCCCCC(=O)NC(CO)C(O)/C=C/CCCCCCCCCCCC. The van der Waals surface area contributed by atoms with Gasteiger partial charge in [-0.1, -0.05) is 326 Å². The van der Waals surface area contributed by atoms with Crippen LogP contribution in [0.25, 0.3) is 0 Å². The van der Waals surface area contributed by atoms with E-state index in [0.717, 1.165) is 51.4 Å². The smallest absolute Gasteiger partial charge is 0.305 e. The van der Waals surface area contributed by atoms with Gasteiger partial charge in [-0.05, 0) is 89.9 Å². The number of aliphatic hydroxyl groups is 2. The van der Waals surface area contributed by atoms with Gasteiger partial charge in [0.05, 0.1) is 25.4 Å². The van der Waals surface area contributed by atoms with Gasteiger partial charge in [-0.2, -0.15) is 0 Å². The zero-order valence-corrected chi connectivity index (χ0v) is 53.1. The van der Waals surface area contributed by atoms with E-state index >= 15 is 0 Å². The lowest BCUT2D eigenvalue weighted by Gasteiger charge is -2.20. The number of ether oxygens (including phenoxy) is 1. The molecule has 0 aromatic heterocycles. The number of allylic oxidation sites excluding steroid dienone is 7. The molecule has 0 radical (unpaired) electrons. The predicted molar refractivity (Wildman–Crippen MR) is 347 cm³/mol. The number of unbranched alkanes of at least 4 members (excludes halogenated alkanes) is 49. The molecule has 1 amide bonds. The molecular weight excluding hydrogens is 971 g/mol. The lowest BCUT2D eigenvalue weighted by molar-refractivity contribution is -0.143. The molecule has 0 heterocycles. The van der Waals surface area contributed by atoms with Gasteiger partial charge in [0.2, 0.25) is 5.91 Å². The molecule has 0 aliphatic carbocycles. The number of nitrogens with one attached hydrogen (secondary N) is 1.